The predicted octanol–water partition coefficient (Wildman–Crippen LogP) is -0.381. The Balaban J connectivity index is 2.58. The minimum atomic E-state index is -4.04. The van der Waals surface area contributed by atoms with E-state index in [0.717, 1.165) is 0 Å². The first-order valence-corrected chi connectivity index (χ1v) is 5.55. The van der Waals surface area contributed by atoms with Crippen molar-refractivity contribution >= 4 is 16.1 Å². The third kappa shape index (κ3) is 4.61. The molecule has 0 bridgehead atoms. The van der Waals surface area contributed by atoms with Crippen molar-refractivity contribution in [2.45, 2.75) is 6.92 Å². The van der Waals surface area contributed by atoms with E-state index < -0.39 is 21.9 Å². The fourth-order valence-electron chi connectivity index (χ4n) is 0.820. The van der Waals surface area contributed by atoms with Crippen molar-refractivity contribution in [2.75, 3.05) is 17.6 Å². The number of aryl methyl sites for hydroxylation is 1. The van der Waals surface area contributed by atoms with Crippen LogP contribution in [0.4, 0.5) is 10.3 Å². The predicted molar refractivity (Wildman–Crippen MR) is 49.4 cm³/mol. The molecule has 0 atom stereocenters. The Morgan fingerprint density at radius 2 is 2.07 bits per heavy atom. The quantitative estimate of drug-likeness (QED) is 0.686. The molecule has 1 heterocycles. The maximum absolute atomic E-state index is 12.6. The van der Waals surface area contributed by atoms with Crippen LogP contribution in [0.25, 0.3) is 0 Å². The highest BCUT2D eigenvalue weighted by molar-refractivity contribution is 7.85. The Bertz CT molecular complexity index is 429. The van der Waals surface area contributed by atoms with Crippen LogP contribution in [-0.2, 0) is 10.1 Å². The molecular formula is C6H9FN4O3S. The fourth-order valence-corrected chi connectivity index (χ4v) is 1.18. The molecule has 84 valence electrons. The van der Waals surface area contributed by atoms with Gasteiger partial charge in [0.2, 0.25) is 5.95 Å². The second kappa shape index (κ2) is 4.45. The maximum atomic E-state index is 12.6. The van der Waals surface area contributed by atoms with Crippen LogP contribution in [0, 0.1) is 13.0 Å². The van der Waals surface area contributed by atoms with Gasteiger partial charge in [-0.25, -0.2) is 0 Å². The Kier molecular flexibility index (Phi) is 3.48. The Hall–Kier alpha value is -1.35. The summed E-state index contributed by atoms with van der Waals surface area (Å²) < 4.78 is 41.7. The van der Waals surface area contributed by atoms with Crippen LogP contribution in [0.15, 0.2) is 0 Å². The van der Waals surface area contributed by atoms with E-state index in [-0.39, 0.29) is 18.3 Å². The van der Waals surface area contributed by atoms with E-state index in [4.69, 9.17) is 4.55 Å². The standard InChI is InChI=1S/C6H9FN4O3S/c1-4-9-5(7)11-6(10-4)8-2-3-15(12,13)14/h2-3H2,1H3,(H,12,13,14)(H,8,9,10,11). The molecular weight excluding hydrogens is 227 g/mol. The van der Waals surface area contributed by atoms with Gasteiger partial charge in [-0.3, -0.25) is 4.55 Å². The van der Waals surface area contributed by atoms with Crippen LogP contribution in [0.2, 0.25) is 0 Å². The molecule has 7 nitrogen and oxygen atoms in total. The molecule has 0 aliphatic heterocycles. The van der Waals surface area contributed by atoms with E-state index in [1.165, 1.54) is 6.92 Å². The van der Waals surface area contributed by atoms with Crippen LogP contribution in [-0.4, -0.2) is 40.2 Å². The molecule has 1 aromatic rings. The number of hydrogen-bond acceptors (Lipinski definition) is 6. The number of rotatable bonds is 4. The van der Waals surface area contributed by atoms with Gasteiger partial charge in [-0.1, -0.05) is 0 Å². The van der Waals surface area contributed by atoms with Gasteiger partial charge < -0.3 is 5.32 Å². The maximum Gasteiger partial charge on any atom is 0.313 e. The van der Waals surface area contributed by atoms with Gasteiger partial charge in [0.15, 0.2) is 0 Å². The SMILES string of the molecule is Cc1nc(F)nc(NCCS(=O)(=O)O)n1. The summed E-state index contributed by atoms with van der Waals surface area (Å²) in [5.41, 5.74) is 0. The van der Waals surface area contributed by atoms with Gasteiger partial charge in [0, 0.05) is 6.54 Å². The summed E-state index contributed by atoms with van der Waals surface area (Å²) in [5.74, 6) is -0.389. The molecule has 0 unspecified atom stereocenters. The third-order valence-corrected chi connectivity index (χ3v) is 2.08. The molecule has 1 rings (SSSR count). The minimum absolute atomic E-state index is 0.0661. The second-order valence-electron chi connectivity index (χ2n) is 2.69. The molecule has 0 saturated heterocycles. The van der Waals surface area contributed by atoms with Gasteiger partial charge in [-0.05, 0) is 6.92 Å². The highest BCUT2D eigenvalue weighted by Gasteiger charge is 2.06. The van der Waals surface area contributed by atoms with Crippen molar-refractivity contribution in [3.8, 4) is 0 Å². The van der Waals surface area contributed by atoms with Gasteiger partial charge in [0.1, 0.15) is 5.82 Å². The number of halogens is 1. The van der Waals surface area contributed by atoms with Crippen LogP contribution in [0.3, 0.4) is 0 Å². The molecule has 15 heavy (non-hydrogen) atoms. The Morgan fingerprint density at radius 3 is 2.60 bits per heavy atom. The van der Waals surface area contributed by atoms with Gasteiger partial charge in [0.25, 0.3) is 10.1 Å². The van der Waals surface area contributed by atoms with Crippen molar-refractivity contribution in [2.24, 2.45) is 0 Å². The van der Waals surface area contributed by atoms with Crippen molar-refractivity contribution in [1.29, 1.82) is 0 Å². The van der Waals surface area contributed by atoms with E-state index in [9.17, 15) is 12.8 Å². The number of aromatic nitrogens is 3. The van der Waals surface area contributed by atoms with Crippen LogP contribution >= 0.6 is 0 Å². The second-order valence-corrected chi connectivity index (χ2v) is 4.26. The average Bonchev–Trinajstić information content (AvgIpc) is 1.99. The number of nitrogens with one attached hydrogen (secondary N) is 1. The Morgan fingerprint density at radius 1 is 1.40 bits per heavy atom. The fraction of sp³-hybridized carbons (Fsp3) is 0.500. The smallest absolute Gasteiger partial charge is 0.313 e. The zero-order valence-electron chi connectivity index (χ0n) is 7.81. The highest BCUT2D eigenvalue weighted by atomic mass is 32.2. The third-order valence-electron chi connectivity index (χ3n) is 1.36. The molecule has 0 aliphatic carbocycles. The minimum Gasteiger partial charge on any atom is -0.353 e. The molecule has 0 amide bonds. The van der Waals surface area contributed by atoms with E-state index in [1.807, 2.05) is 0 Å². The summed E-state index contributed by atoms with van der Waals surface area (Å²) in [4.78, 5) is 10.3. The normalized spacial score (nSPS) is 11.4. The van der Waals surface area contributed by atoms with Crippen molar-refractivity contribution in [3.05, 3.63) is 11.9 Å². The molecule has 1 aromatic heterocycles. The molecule has 2 N–H and O–H groups in total. The highest BCUT2D eigenvalue weighted by Crippen LogP contribution is 1.98. The lowest BCUT2D eigenvalue weighted by Crippen LogP contribution is -2.16. The van der Waals surface area contributed by atoms with Gasteiger partial charge in [-0.2, -0.15) is 27.8 Å². The molecule has 0 aromatic carbocycles. The number of hydrogen-bond donors (Lipinski definition) is 2. The molecule has 0 aliphatic rings. The first-order chi connectivity index (χ1) is 6.87. The van der Waals surface area contributed by atoms with Crippen LogP contribution < -0.4 is 5.32 Å². The van der Waals surface area contributed by atoms with Gasteiger partial charge in [-0.15, -0.1) is 0 Å². The summed E-state index contributed by atoms with van der Waals surface area (Å²) in [5, 5.41) is 2.44. The lowest BCUT2D eigenvalue weighted by atomic mass is 10.7. The van der Waals surface area contributed by atoms with Crippen molar-refractivity contribution in [1.82, 2.24) is 15.0 Å². The van der Waals surface area contributed by atoms with Crippen molar-refractivity contribution in [3.63, 3.8) is 0 Å². The van der Waals surface area contributed by atoms with Crippen molar-refractivity contribution < 1.29 is 17.4 Å². The van der Waals surface area contributed by atoms with Gasteiger partial charge >= 0.3 is 6.08 Å². The molecule has 0 spiro atoms. The molecule has 9 heteroatoms. The molecule has 0 radical (unpaired) electrons. The summed E-state index contributed by atoms with van der Waals surface area (Å²) in [7, 11) is -4.04. The largest absolute Gasteiger partial charge is 0.353 e. The first kappa shape index (κ1) is 11.7. The molecule has 0 fully saturated rings. The molecule has 0 saturated carbocycles. The zero-order valence-corrected chi connectivity index (χ0v) is 8.62. The van der Waals surface area contributed by atoms with E-state index in [2.05, 4.69) is 20.3 Å². The topological polar surface area (TPSA) is 105 Å². The van der Waals surface area contributed by atoms with Crippen LogP contribution in [0.1, 0.15) is 5.82 Å². The summed E-state index contributed by atoms with van der Waals surface area (Å²) in [6.07, 6.45) is -0.947. The van der Waals surface area contributed by atoms with E-state index >= 15 is 0 Å². The Labute approximate surface area is 85.5 Å². The van der Waals surface area contributed by atoms with E-state index in [1.54, 1.807) is 0 Å². The van der Waals surface area contributed by atoms with Gasteiger partial charge in [0.05, 0.1) is 5.75 Å². The monoisotopic (exact) mass is 236 g/mol. The summed E-state index contributed by atoms with van der Waals surface area (Å²) in [6.45, 7) is 1.36. The number of nitrogens with zero attached hydrogens (tertiary/aromatic N) is 3. The lowest BCUT2D eigenvalue weighted by Gasteiger charge is -2.03. The lowest BCUT2D eigenvalue weighted by molar-refractivity contribution is 0.484. The van der Waals surface area contributed by atoms with E-state index in [0.29, 0.717) is 0 Å². The number of anilines is 1. The zero-order chi connectivity index (χ0) is 11.5. The first-order valence-electron chi connectivity index (χ1n) is 3.94. The van der Waals surface area contributed by atoms with Crippen LogP contribution in [0.5, 0.6) is 0 Å². The summed E-state index contributed by atoms with van der Waals surface area (Å²) >= 11 is 0. The average molecular weight is 236 g/mol. The summed E-state index contributed by atoms with van der Waals surface area (Å²) in [6, 6.07) is 0.